The van der Waals surface area contributed by atoms with Gasteiger partial charge in [-0.15, -0.1) is 0 Å². The second kappa shape index (κ2) is 9.93. The molecule has 0 radical (unpaired) electrons. The highest BCUT2D eigenvalue weighted by Crippen LogP contribution is 2.36. The van der Waals surface area contributed by atoms with Crippen LogP contribution in [0.4, 0.5) is 0 Å². The summed E-state index contributed by atoms with van der Waals surface area (Å²) < 4.78 is 13.8. The molecule has 32 heavy (non-hydrogen) atoms. The summed E-state index contributed by atoms with van der Waals surface area (Å²) in [5, 5.41) is 1.08. The van der Waals surface area contributed by atoms with E-state index in [1.165, 1.54) is 0 Å². The third kappa shape index (κ3) is 6.24. The van der Waals surface area contributed by atoms with Gasteiger partial charge >= 0.3 is 11.9 Å². The van der Waals surface area contributed by atoms with Crippen molar-refractivity contribution >= 4 is 22.8 Å². The van der Waals surface area contributed by atoms with Gasteiger partial charge in [0.1, 0.15) is 11.2 Å². The molecule has 2 rings (SSSR count). The molecule has 0 bridgehead atoms. The zero-order chi connectivity index (χ0) is 24.2. The van der Waals surface area contributed by atoms with Crippen molar-refractivity contribution in [1.82, 2.24) is 4.57 Å². The first-order chi connectivity index (χ1) is 14.8. The fourth-order valence-electron chi connectivity index (χ4n) is 3.77. The van der Waals surface area contributed by atoms with Gasteiger partial charge in [0.15, 0.2) is 5.41 Å². The molecule has 0 aliphatic rings. The first-order valence-electron chi connectivity index (χ1n) is 11.5. The summed E-state index contributed by atoms with van der Waals surface area (Å²) in [5.41, 5.74) is -0.938. The molecule has 0 saturated heterocycles. The molecule has 0 atom stereocenters. The van der Waals surface area contributed by atoms with Gasteiger partial charge in [-0.3, -0.25) is 9.59 Å². The lowest BCUT2D eigenvalue weighted by molar-refractivity contribution is -0.185. The van der Waals surface area contributed by atoms with E-state index in [1.807, 2.05) is 78.8 Å². The quantitative estimate of drug-likeness (QED) is 0.277. The van der Waals surface area contributed by atoms with Crippen molar-refractivity contribution in [3.8, 4) is 0 Å². The van der Waals surface area contributed by atoms with Crippen LogP contribution < -0.4 is 0 Å². The number of ether oxygens (including phenoxy) is 2. The van der Waals surface area contributed by atoms with Crippen LogP contribution in [0.25, 0.3) is 10.9 Å². The predicted molar refractivity (Wildman–Crippen MR) is 129 cm³/mol. The summed E-state index contributed by atoms with van der Waals surface area (Å²) >= 11 is 0. The molecule has 5 heteroatoms. The van der Waals surface area contributed by atoms with Crippen LogP contribution in [0.15, 0.2) is 42.5 Å². The van der Waals surface area contributed by atoms with Crippen molar-refractivity contribution in [3.05, 3.63) is 48.2 Å². The Kier molecular flexibility index (Phi) is 7.97. The van der Waals surface area contributed by atoms with Crippen LogP contribution in [-0.4, -0.2) is 27.7 Å². The van der Waals surface area contributed by atoms with Crippen LogP contribution in [0, 0.1) is 5.41 Å². The minimum atomic E-state index is -1.48. The number of nitrogens with zero attached hydrogens (tertiary/aromatic N) is 1. The fraction of sp³-hybridized carbons (Fsp3) is 0.556. The Morgan fingerprint density at radius 3 is 1.97 bits per heavy atom. The lowest BCUT2D eigenvalue weighted by Crippen LogP contribution is -2.48. The Balaban J connectivity index is 2.67. The van der Waals surface area contributed by atoms with Crippen LogP contribution in [-0.2, 0) is 32.0 Å². The van der Waals surface area contributed by atoms with Crippen molar-refractivity contribution in [1.29, 1.82) is 0 Å². The average molecular weight is 442 g/mol. The van der Waals surface area contributed by atoms with Crippen molar-refractivity contribution in [2.75, 3.05) is 0 Å². The topological polar surface area (TPSA) is 57.5 Å². The van der Waals surface area contributed by atoms with Gasteiger partial charge in [-0.1, -0.05) is 37.3 Å². The molecule has 0 fully saturated rings. The maximum absolute atomic E-state index is 13.7. The maximum atomic E-state index is 13.7. The molecule has 0 aliphatic carbocycles. The summed E-state index contributed by atoms with van der Waals surface area (Å²) in [6.45, 7) is 15.7. The third-order valence-corrected chi connectivity index (χ3v) is 5.14. The van der Waals surface area contributed by atoms with Gasteiger partial charge in [0, 0.05) is 24.2 Å². The molecule has 0 amide bonds. The number of hydrogen-bond acceptors (Lipinski definition) is 4. The van der Waals surface area contributed by atoms with Gasteiger partial charge in [-0.2, -0.15) is 0 Å². The van der Waals surface area contributed by atoms with Gasteiger partial charge in [-0.25, -0.2) is 0 Å². The number of esters is 2. The standard InChI is InChI=1S/C27H39NO4/c1-9-11-14-17-27(23(29)31-25(3,4)5,24(30)32-26(6,7)8)19-21-18-20-15-12-13-16-22(20)28(21)10-2/h11-16,18H,9-10,17,19H2,1-8H3/b14-11-. The molecule has 2 aromatic rings. The number of aryl methyl sites for hydroxylation is 1. The van der Waals surface area contributed by atoms with E-state index < -0.39 is 28.6 Å². The second-order valence-corrected chi connectivity index (χ2v) is 10.3. The Labute approximate surface area is 192 Å². The van der Waals surface area contributed by atoms with Crippen molar-refractivity contribution < 1.29 is 19.1 Å². The van der Waals surface area contributed by atoms with Crippen LogP contribution >= 0.6 is 0 Å². The molecule has 0 N–H and O–H groups in total. The van der Waals surface area contributed by atoms with Crippen LogP contribution in [0.2, 0.25) is 0 Å². The van der Waals surface area contributed by atoms with Gasteiger partial charge in [0.25, 0.3) is 0 Å². The maximum Gasteiger partial charge on any atom is 0.324 e. The number of benzene rings is 1. The fourth-order valence-corrected chi connectivity index (χ4v) is 3.77. The first kappa shape index (κ1) is 25.7. The molecule has 176 valence electrons. The lowest BCUT2D eigenvalue weighted by atomic mass is 9.79. The summed E-state index contributed by atoms with van der Waals surface area (Å²) in [6.07, 6.45) is 5.10. The largest absolute Gasteiger partial charge is 0.459 e. The molecule has 0 aliphatic heterocycles. The number of para-hydroxylation sites is 1. The van der Waals surface area contributed by atoms with E-state index in [2.05, 4.69) is 23.6 Å². The normalized spacial score (nSPS) is 13.0. The average Bonchev–Trinajstić information content (AvgIpc) is 3.01. The van der Waals surface area contributed by atoms with Crippen LogP contribution in [0.1, 0.15) is 73.9 Å². The van der Waals surface area contributed by atoms with Gasteiger partial charge in [-0.05, 0) is 78.8 Å². The zero-order valence-corrected chi connectivity index (χ0v) is 21.0. The minimum absolute atomic E-state index is 0.202. The lowest BCUT2D eigenvalue weighted by Gasteiger charge is -2.34. The Morgan fingerprint density at radius 1 is 0.906 bits per heavy atom. The number of rotatable bonds is 8. The Hall–Kier alpha value is -2.56. The van der Waals surface area contributed by atoms with E-state index in [9.17, 15) is 9.59 Å². The number of fused-ring (bicyclic) bond motifs is 1. The molecule has 0 unspecified atom stereocenters. The number of allylic oxidation sites excluding steroid dienone is 2. The van der Waals surface area contributed by atoms with Crippen LogP contribution in [0.3, 0.4) is 0 Å². The van der Waals surface area contributed by atoms with E-state index in [1.54, 1.807) is 0 Å². The number of aromatic nitrogens is 1. The molecular weight excluding hydrogens is 402 g/mol. The molecular formula is C27H39NO4. The van der Waals surface area contributed by atoms with Crippen molar-refractivity contribution in [2.45, 2.75) is 92.4 Å². The molecule has 1 aromatic carbocycles. The van der Waals surface area contributed by atoms with Gasteiger partial charge < -0.3 is 14.0 Å². The summed E-state index contributed by atoms with van der Waals surface area (Å²) in [6, 6.07) is 10.2. The molecule has 0 spiro atoms. The summed E-state index contributed by atoms with van der Waals surface area (Å²) in [4.78, 5) is 27.3. The highest BCUT2D eigenvalue weighted by molar-refractivity contribution is 6.01. The molecule has 1 heterocycles. The number of hydrogen-bond donors (Lipinski definition) is 0. The molecule has 0 saturated carbocycles. The number of carbonyl (C=O) groups is 2. The molecule has 1 aromatic heterocycles. The minimum Gasteiger partial charge on any atom is -0.459 e. The zero-order valence-electron chi connectivity index (χ0n) is 21.0. The van der Waals surface area contributed by atoms with E-state index >= 15 is 0 Å². The first-order valence-corrected chi connectivity index (χ1v) is 11.5. The Bertz CT molecular complexity index is 942. The molecule has 5 nitrogen and oxygen atoms in total. The predicted octanol–water partition coefficient (Wildman–Crippen LogP) is 6.23. The third-order valence-electron chi connectivity index (χ3n) is 5.14. The van der Waals surface area contributed by atoms with E-state index in [4.69, 9.17) is 9.47 Å². The monoisotopic (exact) mass is 441 g/mol. The second-order valence-electron chi connectivity index (χ2n) is 10.3. The van der Waals surface area contributed by atoms with E-state index in [0.717, 1.165) is 29.6 Å². The highest BCUT2D eigenvalue weighted by atomic mass is 16.6. The Morgan fingerprint density at radius 2 is 1.47 bits per heavy atom. The van der Waals surface area contributed by atoms with Crippen molar-refractivity contribution in [3.63, 3.8) is 0 Å². The smallest absolute Gasteiger partial charge is 0.324 e. The van der Waals surface area contributed by atoms with Gasteiger partial charge in [0.2, 0.25) is 0 Å². The van der Waals surface area contributed by atoms with E-state index in [0.29, 0.717) is 0 Å². The highest BCUT2D eigenvalue weighted by Gasteiger charge is 2.51. The number of carbonyl (C=O) groups excluding carboxylic acids is 2. The summed E-state index contributed by atoms with van der Waals surface area (Å²) in [5.74, 6) is -1.10. The SMILES string of the molecule is CC/C=C\CC(Cc1cc2ccccc2n1CC)(C(=O)OC(C)(C)C)C(=O)OC(C)(C)C. The van der Waals surface area contributed by atoms with Gasteiger partial charge in [0.05, 0.1) is 0 Å². The summed E-state index contributed by atoms with van der Waals surface area (Å²) in [7, 11) is 0. The van der Waals surface area contributed by atoms with Crippen molar-refractivity contribution in [2.24, 2.45) is 5.41 Å². The van der Waals surface area contributed by atoms with E-state index in [-0.39, 0.29) is 12.8 Å². The van der Waals surface area contributed by atoms with Crippen LogP contribution in [0.5, 0.6) is 0 Å².